The van der Waals surface area contributed by atoms with Gasteiger partial charge in [0, 0.05) is 24.9 Å². The number of H-pyrrole nitrogens is 1. The van der Waals surface area contributed by atoms with Crippen LogP contribution in [0.4, 0.5) is 5.69 Å². The number of aromatic amines is 1. The first-order valence-corrected chi connectivity index (χ1v) is 5.22. The summed E-state index contributed by atoms with van der Waals surface area (Å²) < 4.78 is 0.376. The molecular formula is C9H13BrClN3O2. The number of aromatic nitrogens is 1. The van der Waals surface area contributed by atoms with Crippen LogP contribution in [0.3, 0.4) is 0 Å². The van der Waals surface area contributed by atoms with E-state index in [0.29, 0.717) is 4.47 Å². The molecule has 0 fully saturated rings. The zero-order valence-electron chi connectivity index (χ0n) is 8.62. The molecule has 1 unspecified atom stereocenters. The van der Waals surface area contributed by atoms with E-state index in [9.17, 15) is 9.59 Å². The van der Waals surface area contributed by atoms with Crippen LogP contribution in [-0.4, -0.2) is 16.9 Å². The van der Waals surface area contributed by atoms with Gasteiger partial charge in [-0.05, 0) is 22.9 Å². The molecular weight excluding hydrogens is 297 g/mol. The molecule has 4 N–H and O–H groups in total. The topological polar surface area (TPSA) is 88.0 Å². The minimum atomic E-state index is -0.270. The summed E-state index contributed by atoms with van der Waals surface area (Å²) in [6.45, 7) is 1.73. The molecule has 0 aliphatic carbocycles. The van der Waals surface area contributed by atoms with Crippen molar-refractivity contribution in [3.8, 4) is 0 Å². The molecule has 1 rings (SSSR count). The van der Waals surface area contributed by atoms with Crippen molar-refractivity contribution in [2.45, 2.75) is 19.4 Å². The number of carbonyl (C=O) groups is 1. The maximum atomic E-state index is 11.5. The summed E-state index contributed by atoms with van der Waals surface area (Å²) in [5.74, 6) is -0.270. The molecule has 1 atom stereocenters. The lowest BCUT2D eigenvalue weighted by atomic mass is 10.2. The van der Waals surface area contributed by atoms with Crippen molar-refractivity contribution in [1.82, 2.24) is 4.98 Å². The van der Waals surface area contributed by atoms with Gasteiger partial charge in [0.1, 0.15) is 5.69 Å². The van der Waals surface area contributed by atoms with Crippen molar-refractivity contribution in [3.63, 3.8) is 0 Å². The fourth-order valence-electron chi connectivity index (χ4n) is 1.04. The Morgan fingerprint density at radius 1 is 1.62 bits per heavy atom. The molecule has 1 aromatic rings. The minimum Gasteiger partial charge on any atom is -0.365 e. The summed E-state index contributed by atoms with van der Waals surface area (Å²) in [6, 6.07) is -0.226. The molecule has 0 radical (unpaired) electrons. The van der Waals surface area contributed by atoms with E-state index in [2.05, 4.69) is 26.2 Å². The quantitative estimate of drug-likeness (QED) is 0.785. The van der Waals surface area contributed by atoms with Gasteiger partial charge in [0.25, 0.3) is 0 Å². The second kappa shape index (κ2) is 6.67. The standard InChI is InChI=1S/C9H12BrN3O2.ClH/c1-5(11)2-8(14)13-7-4-12-3-6(10)9(7)15;/h3-5H,2,11H2,1H3,(H,12,15)(H,13,14);1H. The fourth-order valence-corrected chi connectivity index (χ4v) is 1.39. The first-order chi connectivity index (χ1) is 7.00. The molecule has 0 aromatic carbocycles. The maximum Gasteiger partial charge on any atom is 0.226 e. The van der Waals surface area contributed by atoms with Crippen LogP contribution in [0.25, 0.3) is 0 Å². The smallest absolute Gasteiger partial charge is 0.226 e. The normalized spacial score (nSPS) is 11.4. The van der Waals surface area contributed by atoms with Crippen molar-refractivity contribution >= 4 is 39.9 Å². The van der Waals surface area contributed by atoms with Gasteiger partial charge >= 0.3 is 0 Å². The lowest BCUT2D eigenvalue weighted by Gasteiger charge is -2.06. The molecule has 0 spiro atoms. The summed E-state index contributed by atoms with van der Waals surface area (Å²) >= 11 is 3.07. The maximum absolute atomic E-state index is 11.5. The second-order valence-corrected chi connectivity index (χ2v) is 4.13. The number of hydrogen-bond donors (Lipinski definition) is 3. The van der Waals surface area contributed by atoms with Crippen LogP contribution in [0.2, 0.25) is 0 Å². The Bertz CT molecular complexity index is 419. The van der Waals surface area contributed by atoms with Gasteiger partial charge in [0.2, 0.25) is 11.3 Å². The third kappa shape index (κ3) is 4.34. The van der Waals surface area contributed by atoms with Gasteiger partial charge in [-0.3, -0.25) is 9.59 Å². The van der Waals surface area contributed by atoms with E-state index in [-0.39, 0.29) is 41.9 Å². The number of anilines is 1. The average molecular weight is 311 g/mol. The van der Waals surface area contributed by atoms with E-state index in [1.807, 2.05) is 0 Å². The molecule has 0 saturated heterocycles. The molecule has 0 aliphatic heterocycles. The highest BCUT2D eigenvalue weighted by Crippen LogP contribution is 2.05. The van der Waals surface area contributed by atoms with Crippen LogP contribution in [0.5, 0.6) is 0 Å². The van der Waals surface area contributed by atoms with Gasteiger partial charge in [-0.1, -0.05) is 0 Å². The van der Waals surface area contributed by atoms with Crippen LogP contribution >= 0.6 is 28.3 Å². The molecule has 0 aliphatic rings. The molecule has 5 nitrogen and oxygen atoms in total. The number of nitrogens with two attached hydrogens (primary N) is 1. The van der Waals surface area contributed by atoms with Crippen molar-refractivity contribution in [1.29, 1.82) is 0 Å². The molecule has 0 saturated carbocycles. The highest BCUT2D eigenvalue weighted by Gasteiger charge is 2.08. The van der Waals surface area contributed by atoms with Gasteiger partial charge in [0.15, 0.2) is 0 Å². The predicted molar refractivity (Wildman–Crippen MR) is 68.9 cm³/mol. The number of pyridine rings is 1. The first-order valence-electron chi connectivity index (χ1n) is 4.42. The molecule has 1 heterocycles. The summed E-state index contributed by atoms with van der Waals surface area (Å²) in [7, 11) is 0. The highest BCUT2D eigenvalue weighted by atomic mass is 79.9. The number of carbonyl (C=O) groups excluding carboxylic acids is 1. The number of amides is 1. The van der Waals surface area contributed by atoms with Gasteiger partial charge in [-0.2, -0.15) is 0 Å². The number of rotatable bonds is 3. The Labute approximate surface area is 107 Å². The Balaban J connectivity index is 0.00000225. The van der Waals surface area contributed by atoms with Crippen LogP contribution in [0.15, 0.2) is 21.7 Å². The second-order valence-electron chi connectivity index (χ2n) is 3.28. The van der Waals surface area contributed by atoms with Gasteiger partial charge in [-0.15, -0.1) is 12.4 Å². The molecule has 90 valence electrons. The monoisotopic (exact) mass is 309 g/mol. The SMILES string of the molecule is CC(N)CC(=O)Nc1c[nH]cc(Br)c1=O.Cl. The van der Waals surface area contributed by atoms with Crippen LogP contribution < -0.4 is 16.5 Å². The van der Waals surface area contributed by atoms with E-state index in [0.717, 1.165) is 0 Å². The van der Waals surface area contributed by atoms with E-state index in [4.69, 9.17) is 5.73 Å². The van der Waals surface area contributed by atoms with Crippen LogP contribution in [-0.2, 0) is 4.79 Å². The first kappa shape index (κ1) is 15.2. The fraction of sp³-hybridized carbons (Fsp3) is 0.333. The van der Waals surface area contributed by atoms with E-state index in [1.54, 1.807) is 6.92 Å². The van der Waals surface area contributed by atoms with Gasteiger partial charge in [-0.25, -0.2) is 0 Å². The third-order valence-electron chi connectivity index (χ3n) is 1.68. The highest BCUT2D eigenvalue weighted by molar-refractivity contribution is 9.10. The largest absolute Gasteiger partial charge is 0.365 e. The van der Waals surface area contributed by atoms with Gasteiger partial charge in [0.05, 0.1) is 4.47 Å². The summed E-state index contributed by atoms with van der Waals surface area (Å²) in [4.78, 5) is 25.5. The lowest BCUT2D eigenvalue weighted by molar-refractivity contribution is -0.116. The Hall–Kier alpha value is -0.850. The molecule has 0 bridgehead atoms. The summed E-state index contributed by atoms with van der Waals surface area (Å²) in [5, 5.41) is 2.49. The van der Waals surface area contributed by atoms with E-state index >= 15 is 0 Å². The zero-order valence-corrected chi connectivity index (χ0v) is 11.0. The Morgan fingerprint density at radius 3 is 2.81 bits per heavy atom. The number of hydrogen-bond acceptors (Lipinski definition) is 3. The van der Waals surface area contributed by atoms with E-state index < -0.39 is 0 Å². The molecule has 7 heteroatoms. The predicted octanol–water partition coefficient (Wildman–Crippen LogP) is 1.23. The average Bonchev–Trinajstić information content (AvgIpc) is 2.11. The van der Waals surface area contributed by atoms with Crippen molar-refractivity contribution in [3.05, 3.63) is 27.1 Å². The van der Waals surface area contributed by atoms with Crippen molar-refractivity contribution < 1.29 is 4.79 Å². The lowest BCUT2D eigenvalue weighted by Crippen LogP contribution is -2.26. The third-order valence-corrected chi connectivity index (χ3v) is 2.27. The van der Waals surface area contributed by atoms with Crippen LogP contribution in [0, 0.1) is 0 Å². The summed E-state index contributed by atoms with van der Waals surface area (Å²) in [5.41, 5.74) is 5.42. The minimum absolute atomic E-state index is 0. The number of nitrogens with one attached hydrogen (secondary N) is 2. The Kier molecular flexibility index (Phi) is 6.32. The zero-order chi connectivity index (χ0) is 11.4. The van der Waals surface area contributed by atoms with Crippen molar-refractivity contribution in [2.75, 3.05) is 5.32 Å². The summed E-state index contributed by atoms with van der Waals surface area (Å²) in [6.07, 6.45) is 3.13. The van der Waals surface area contributed by atoms with Crippen LogP contribution in [0.1, 0.15) is 13.3 Å². The number of halogens is 2. The molecule has 16 heavy (non-hydrogen) atoms. The molecule has 1 aromatic heterocycles. The Morgan fingerprint density at radius 2 is 2.25 bits per heavy atom. The van der Waals surface area contributed by atoms with E-state index in [1.165, 1.54) is 12.4 Å². The van der Waals surface area contributed by atoms with Gasteiger partial charge < -0.3 is 16.0 Å². The van der Waals surface area contributed by atoms with Crippen molar-refractivity contribution in [2.24, 2.45) is 5.73 Å². The molecule has 1 amide bonds.